The lowest BCUT2D eigenvalue weighted by atomic mass is 10.2. The van der Waals surface area contributed by atoms with E-state index in [1.54, 1.807) is 0 Å². The SMILES string of the molecule is C=C(C)CONCCCOCc1ccccc1. The molecule has 0 unspecified atom stereocenters. The Bertz CT molecular complexity index is 311. The molecule has 1 rings (SSSR count). The fourth-order valence-electron chi connectivity index (χ4n) is 1.26. The molecule has 0 saturated carbocycles. The van der Waals surface area contributed by atoms with Crippen LogP contribution in [0.4, 0.5) is 0 Å². The van der Waals surface area contributed by atoms with Gasteiger partial charge in [0.1, 0.15) is 0 Å². The summed E-state index contributed by atoms with van der Waals surface area (Å²) in [5.41, 5.74) is 5.09. The Balaban J connectivity index is 1.90. The van der Waals surface area contributed by atoms with E-state index in [0.29, 0.717) is 13.2 Å². The number of hydroxylamine groups is 1. The van der Waals surface area contributed by atoms with Crippen LogP contribution in [0.15, 0.2) is 42.5 Å². The third kappa shape index (κ3) is 7.69. The lowest BCUT2D eigenvalue weighted by Crippen LogP contribution is -2.18. The topological polar surface area (TPSA) is 30.5 Å². The molecule has 0 heterocycles. The van der Waals surface area contributed by atoms with Gasteiger partial charge in [0.15, 0.2) is 0 Å². The zero-order valence-corrected chi connectivity index (χ0v) is 10.4. The van der Waals surface area contributed by atoms with E-state index in [9.17, 15) is 0 Å². The van der Waals surface area contributed by atoms with Crippen molar-refractivity contribution < 1.29 is 9.57 Å². The first kappa shape index (κ1) is 13.9. The Hall–Kier alpha value is -1.16. The summed E-state index contributed by atoms with van der Waals surface area (Å²) in [4.78, 5) is 5.15. The average molecular weight is 235 g/mol. The molecule has 0 aliphatic rings. The van der Waals surface area contributed by atoms with Crippen molar-refractivity contribution in [2.45, 2.75) is 20.0 Å². The van der Waals surface area contributed by atoms with Crippen molar-refractivity contribution in [2.24, 2.45) is 0 Å². The van der Waals surface area contributed by atoms with Crippen LogP contribution in [0.3, 0.4) is 0 Å². The highest BCUT2D eigenvalue weighted by molar-refractivity contribution is 5.13. The quantitative estimate of drug-likeness (QED) is 0.405. The molecule has 1 aromatic carbocycles. The van der Waals surface area contributed by atoms with Crippen LogP contribution < -0.4 is 5.48 Å². The van der Waals surface area contributed by atoms with Crippen molar-refractivity contribution in [3.8, 4) is 0 Å². The Kier molecular flexibility index (Phi) is 7.30. The van der Waals surface area contributed by atoms with Crippen LogP contribution in [-0.4, -0.2) is 19.8 Å². The van der Waals surface area contributed by atoms with E-state index in [4.69, 9.17) is 9.57 Å². The molecule has 0 aromatic heterocycles. The van der Waals surface area contributed by atoms with Crippen molar-refractivity contribution in [2.75, 3.05) is 19.8 Å². The highest BCUT2D eigenvalue weighted by Gasteiger charge is 1.92. The number of hydrogen-bond acceptors (Lipinski definition) is 3. The summed E-state index contributed by atoms with van der Waals surface area (Å²) in [6.07, 6.45) is 0.934. The first-order valence-corrected chi connectivity index (χ1v) is 5.90. The van der Waals surface area contributed by atoms with Gasteiger partial charge in [0.05, 0.1) is 13.2 Å². The van der Waals surface area contributed by atoms with Crippen molar-refractivity contribution in [1.82, 2.24) is 5.48 Å². The van der Waals surface area contributed by atoms with Gasteiger partial charge in [0.25, 0.3) is 0 Å². The molecular weight excluding hydrogens is 214 g/mol. The Morgan fingerprint density at radius 3 is 2.76 bits per heavy atom. The maximum Gasteiger partial charge on any atom is 0.0887 e. The Morgan fingerprint density at radius 2 is 2.06 bits per heavy atom. The molecule has 0 spiro atoms. The third-order valence-corrected chi connectivity index (χ3v) is 2.10. The fourth-order valence-corrected chi connectivity index (χ4v) is 1.26. The van der Waals surface area contributed by atoms with Gasteiger partial charge in [-0.05, 0) is 18.9 Å². The summed E-state index contributed by atoms with van der Waals surface area (Å²) in [6.45, 7) is 8.44. The summed E-state index contributed by atoms with van der Waals surface area (Å²) in [5.74, 6) is 0. The molecule has 3 heteroatoms. The number of nitrogens with one attached hydrogen (secondary N) is 1. The van der Waals surface area contributed by atoms with E-state index in [2.05, 4.69) is 24.2 Å². The predicted molar refractivity (Wildman–Crippen MR) is 69.5 cm³/mol. The zero-order valence-electron chi connectivity index (χ0n) is 10.4. The molecule has 0 atom stereocenters. The van der Waals surface area contributed by atoms with E-state index in [0.717, 1.165) is 25.1 Å². The highest BCUT2D eigenvalue weighted by atomic mass is 16.6. The molecule has 0 aliphatic carbocycles. The second kappa shape index (κ2) is 8.93. The minimum absolute atomic E-state index is 0.560. The van der Waals surface area contributed by atoms with Gasteiger partial charge < -0.3 is 4.74 Å². The minimum atomic E-state index is 0.560. The van der Waals surface area contributed by atoms with Gasteiger partial charge in [-0.25, -0.2) is 5.48 Å². The van der Waals surface area contributed by atoms with Gasteiger partial charge in [-0.1, -0.05) is 42.5 Å². The molecule has 1 aromatic rings. The number of ether oxygens (including phenoxy) is 1. The normalized spacial score (nSPS) is 10.4. The monoisotopic (exact) mass is 235 g/mol. The molecule has 0 amide bonds. The first-order chi connectivity index (χ1) is 8.29. The molecule has 0 saturated heterocycles. The van der Waals surface area contributed by atoms with Crippen molar-refractivity contribution >= 4 is 0 Å². The maximum absolute atomic E-state index is 5.53. The summed E-state index contributed by atoms with van der Waals surface area (Å²) >= 11 is 0. The Morgan fingerprint density at radius 1 is 1.29 bits per heavy atom. The molecule has 0 fully saturated rings. The van der Waals surface area contributed by atoms with Crippen LogP contribution in [0.5, 0.6) is 0 Å². The lowest BCUT2D eigenvalue weighted by Gasteiger charge is -2.06. The van der Waals surface area contributed by atoms with Gasteiger partial charge in [-0.2, -0.15) is 0 Å². The van der Waals surface area contributed by atoms with E-state index in [1.165, 1.54) is 5.56 Å². The first-order valence-electron chi connectivity index (χ1n) is 5.90. The van der Waals surface area contributed by atoms with Crippen molar-refractivity contribution in [1.29, 1.82) is 0 Å². The van der Waals surface area contributed by atoms with Gasteiger partial charge in [-0.3, -0.25) is 4.84 Å². The van der Waals surface area contributed by atoms with Crippen LogP contribution in [0, 0.1) is 0 Å². The summed E-state index contributed by atoms with van der Waals surface area (Å²) < 4.78 is 5.53. The van der Waals surface area contributed by atoms with Crippen molar-refractivity contribution in [3.63, 3.8) is 0 Å². The second-order valence-electron chi connectivity index (χ2n) is 4.03. The van der Waals surface area contributed by atoms with E-state index in [1.807, 2.05) is 25.1 Å². The zero-order chi connectivity index (χ0) is 12.3. The minimum Gasteiger partial charge on any atom is -0.377 e. The summed E-state index contributed by atoms with van der Waals surface area (Å²) in [6, 6.07) is 10.2. The Labute approximate surface area is 103 Å². The van der Waals surface area contributed by atoms with Crippen LogP contribution in [0.2, 0.25) is 0 Å². The van der Waals surface area contributed by atoms with Crippen LogP contribution in [0.1, 0.15) is 18.9 Å². The summed E-state index contributed by atoms with van der Waals surface area (Å²) in [5, 5.41) is 0. The van der Waals surface area contributed by atoms with Crippen LogP contribution in [0.25, 0.3) is 0 Å². The molecule has 1 N–H and O–H groups in total. The van der Waals surface area contributed by atoms with Crippen LogP contribution in [-0.2, 0) is 16.2 Å². The largest absolute Gasteiger partial charge is 0.377 e. The fraction of sp³-hybridized carbons (Fsp3) is 0.429. The molecule has 3 nitrogen and oxygen atoms in total. The van der Waals surface area contributed by atoms with Gasteiger partial charge in [0.2, 0.25) is 0 Å². The van der Waals surface area contributed by atoms with Gasteiger partial charge in [0, 0.05) is 13.2 Å². The highest BCUT2D eigenvalue weighted by Crippen LogP contribution is 2.00. The molecule has 94 valence electrons. The van der Waals surface area contributed by atoms with E-state index >= 15 is 0 Å². The van der Waals surface area contributed by atoms with Gasteiger partial charge in [-0.15, -0.1) is 0 Å². The van der Waals surface area contributed by atoms with Crippen LogP contribution >= 0.6 is 0 Å². The molecule has 17 heavy (non-hydrogen) atoms. The number of benzene rings is 1. The standard InChI is InChI=1S/C14H21NO2/c1-13(2)11-17-15-9-6-10-16-12-14-7-4-3-5-8-14/h3-5,7-8,15H,1,6,9-12H2,2H3. The smallest absolute Gasteiger partial charge is 0.0887 e. The average Bonchev–Trinajstić information content (AvgIpc) is 2.33. The lowest BCUT2D eigenvalue weighted by molar-refractivity contribution is 0.0468. The van der Waals surface area contributed by atoms with Crippen molar-refractivity contribution in [3.05, 3.63) is 48.0 Å². The third-order valence-electron chi connectivity index (χ3n) is 2.10. The number of rotatable bonds is 9. The molecule has 0 bridgehead atoms. The second-order valence-corrected chi connectivity index (χ2v) is 4.03. The molecule has 0 radical (unpaired) electrons. The maximum atomic E-state index is 5.53. The van der Waals surface area contributed by atoms with E-state index < -0.39 is 0 Å². The molecular formula is C14H21NO2. The predicted octanol–water partition coefficient (Wildman–Crippen LogP) is 2.69. The van der Waals surface area contributed by atoms with Gasteiger partial charge >= 0.3 is 0 Å². The van der Waals surface area contributed by atoms with E-state index in [-0.39, 0.29) is 0 Å². The molecule has 0 aliphatic heterocycles. The summed E-state index contributed by atoms with van der Waals surface area (Å²) in [7, 11) is 0. The number of hydrogen-bond donors (Lipinski definition) is 1.